The molecule has 1 heterocycles. The van der Waals surface area contributed by atoms with Gasteiger partial charge in [0.25, 0.3) is 5.91 Å². The van der Waals surface area contributed by atoms with Gasteiger partial charge in [-0.2, -0.15) is 0 Å². The number of amides is 1. The minimum Gasteiger partial charge on any atom is -0.392 e. The summed E-state index contributed by atoms with van der Waals surface area (Å²) < 4.78 is 1.65. The Kier molecular flexibility index (Phi) is 3.06. The number of carbonyl (C=O) groups is 1. The third-order valence-electron chi connectivity index (χ3n) is 2.43. The number of nitrogens with one attached hydrogen (secondary N) is 1. The second kappa shape index (κ2) is 4.50. The van der Waals surface area contributed by atoms with Crippen LogP contribution in [0, 0.1) is 0 Å². The Labute approximate surface area is 98.2 Å². The third kappa shape index (κ3) is 2.42. The summed E-state index contributed by atoms with van der Waals surface area (Å²) in [5.74, 6) is -0.224. The number of aromatic nitrogens is 3. The first-order valence-electron chi connectivity index (χ1n) is 5.33. The smallest absolute Gasteiger partial charge is 0.251 e. The van der Waals surface area contributed by atoms with Crippen molar-refractivity contribution in [3.8, 4) is 0 Å². The standard InChI is InChI=1S/C11H14N4O2/c1-7(16)6-12-11(17)8-3-4-10-9(5-8)13-14-15(10)2/h3-5,7,16H,6H2,1-2H3,(H,12,17). The number of fused-ring (bicyclic) bond motifs is 1. The highest BCUT2D eigenvalue weighted by Gasteiger charge is 2.09. The van der Waals surface area contributed by atoms with Crippen molar-refractivity contribution < 1.29 is 9.90 Å². The second-order valence-electron chi connectivity index (χ2n) is 3.98. The first kappa shape index (κ1) is 11.5. The number of carbonyl (C=O) groups excluding carboxylic acids is 1. The molecule has 17 heavy (non-hydrogen) atoms. The first-order chi connectivity index (χ1) is 8.08. The van der Waals surface area contributed by atoms with E-state index >= 15 is 0 Å². The van der Waals surface area contributed by atoms with Crippen molar-refractivity contribution >= 4 is 16.9 Å². The molecule has 0 fully saturated rings. The summed E-state index contributed by atoms with van der Waals surface area (Å²) >= 11 is 0. The maximum atomic E-state index is 11.7. The first-order valence-corrected chi connectivity index (χ1v) is 5.33. The van der Waals surface area contributed by atoms with Crippen LogP contribution in [-0.2, 0) is 7.05 Å². The number of rotatable bonds is 3. The molecule has 0 saturated heterocycles. The van der Waals surface area contributed by atoms with E-state index in [-0.39, 0.29) is 12.5 Å². The Balaban J connectivity index is 2.21. The Bertz CT molecular complexity index is 547. The summed E-state index contributed by atoms with van der Waals surface area (Å²) in [6.07, 6.45) is -0.556. The summed E-state index contributed by atoms with van der Waals surface area (Å²) in [5.41, 5.74) is 2.06. The molecule has 90 valence electrons. The summed E-state index contributed by atoms with van der Waals surface area (Å²) in [6, 6.07) is 5.19. The van der Waals surface area contributed by atoms with Crippen LogP contribution in [0.3, 0.4) is 0 Å². The van der Waals surface area contributed by atoms with Gasteiger partial charge in [-0.15, -0.1) is 5.10 Å². The van der Waals surface area contributed by atoms with Gasteiger partial charge in [-0.1, -0.05) is 5.21 Å². The molecule has 1 unspecified atom stereocenters. The van der Waals surface area contributed by atoms with Gasteiger partial charge in [-0.25, -0.2) is 4.68 Å². The quantitative estimate of drug-likeness (QED) is 0.788. The van der Waals surface area contributed by atoms with Crippen LogP contribution in [0.4, 0.5) is 0 Å². The van der Waals surface area contributed by atoms with E-state index in [1.807, 2.05) is 0 Å². The SMILES string of the molecule is CC(O)CNC(=O)c1ccc2c(c1)nnn2C. The van der Waals surface area contributed by atoms with Gasteiger partial charge in [0.1, 0.15) is 5.52 Å². The second-order valence-corrected chi connectivity index (χ2v) is 3.98. The molecule has 0 aliphatic heterocycles. The molecule has 0 spiro atoms. The Hall–Kier alpha value is -1.95. The largest absolute Gasteiger partial charge is 0.392 e. The monoisotopic (exact) mass is 234 g/mol. The van der Waals surface area contributed by atoms with E-state index in [9.17, 15) is 4.79 Å². The number of benzene rings is 1. The number of nitrogens with zero attached hydrogens (tertiary/aromatic N) is 3. The highest BCUT2D eigenvalue weighted by molar-refractivity contribution is 5.97. The van der Waals surface area contributed by atoms with Gasteiger partial charge < -0.3 is 10.4 Å². The van der Waals surface area contributed by atoms with Gasteiger partial charge in [0.2, 0.25) is 0 Å². The Morgan fingerprint density at radius 1 is 1.59 bits per heavy atom. The van der Waals surface area contributed by atoms with Crippen LogP contribution >= 0.6 is 0 Å². The van der Waals surface area contributed by atoms with E-state index < -0.39 is 6.10 Å². The summed E-state index contributed by atoms with van der Waals surface area (Å²) in [6.45, 7) is 1.85. The van der Waals surface area contributed by atoms with E-state index in [2.05, 4.69) is 15.6 Å². The number of aliphatic hydroxyl groups excluding tert-OH is 1. The summed E-state index contributed by atoms with van der Waals surface area (Å²) in [7, 11) is 1.79. The van der Waals surface area contributed by atoms with Crippen LogP contribution < -0.4 is 5.32 Å². The predicted octanol–water partition coefficient (Wildman–Crippen LogP) is 0.0789. The summed E-state index contributed by atoms with van der Waals surface area (Å²) in [4.78, 5) is 11.7. The topological polar surface area (TPSA) is 80.0 Å². The molecule has 1 aromatic carbocycles. The van der Waals surface area contributed by atoms with Gasteiger partial charge in [0, 0.05) is 19.2 Å². The molecule has 0 aliphatic carbocycles. The highest BCUT2D eigenvalue weighted by atomic mass is 16.3. The Morgan fingerprint density at radius 2 is 2.35 bits per heavy atom. The molecule has 6 heteroatoms. The molecule has 2 rings (SSSR count). The van der Waals surface area contributed by atoms with Gasteiger partial charge in [0.05, 0.1) is 11.6 Å². The van der Waals surface area contributed by atoms with Crippen molar-refractivity contribution in [1.29, 1.82) is 0 Å². The molecule has 1 atom stereocenters. The van der Waals surface area contributed by atoms with Crippen LogP contribution in [0.1, 0.15) is 17.3 Å². The third-order valence-corrected chi connectivity index (χ3v) is 2.43. The zero-order chi connectivity index (χ0) is 12.4. The zero-order valence-corrected chi connectivity index (χ0v) is 9.71. The number of aliphatic hydroxyl groups is 1. The molecule has 1 amide bonds. The lowest BCUT2D eigenvalue weighted by Crippen LogP contribution is -2.30. The average molecular weight is 234 g/mol. The Morgan fingerprint density at radius 3 is 3.06 bits per heavy atom. The minimum atomic E-state index is -0.556. The van der Waals surface area contributed by atoms with Crippen molar-refractivity contribution in [2.75, 3.05) is 6.54 Å². The van der Waals surface area contributed by atoms with Crippen LogP contribution in [0.25, 0.3) is 11.0 Å². The van der Waals surface area contributed by atoms with Gasteiger partial charge in [-0.3, -0.25) is 4.79 Å². The zero-order valence-electron chi connectivity index (χ0n) is 9.71. The van der Waals surface area contributed by atoms with E-state index in [4.69, 9.17) is 5.11 Å². The fourth-order valence-corrected chi connectivity index (χ4v) is 1.52. The maximum absolute atomic E-state index is 11.7. The van der Waals surface area contributed by atoms with E-state index in [1.54, 1.807) is 36.9 Å². The van der Waals surface area contributed by atoms with Crippen LogP contribution in [0.2, 0.25) is 0 Å². The molecular weight excluding hydrogens is 220 g/mol. The lowest BCUT2D eigenvalue weighted by Gasteiger charge is -2.06. The minimum absolute atomic E-state index is 0.224. The predicted molar refractivity (Wildman–Crippen MR) is 62.5 cm³/mol. The molecule has 2 aromatic rings. The average Bonchev–Trinajstić information content (AvgIpc) is 2.67. The van der Waals surface area contributed by atoms with E-state index in [1.165, 1.54) is 0 Å². The van der Waals surface area contributed by atoms with Gasteiger partial charge in [0.15, 0.2) is 0 Å². The highest BCUT2D eigenvalue weighted by Crippen LogP contribution is 2.12. The van der Waals surface area contributed by atoms with Crippen LogP contribution in [0.5, 0.6) is 0 Å². The molecule has 0 bridgehead atoms. The fraction of sp³-hybridized carbons (Fsp3) is 0.364. The van der Waals surface area contributed by atoms with E-state index in [0.29, 0.717) is 11.1 Å². The molecule has 0 aliphatic rings. The van der Waals surface area contributed by atoms with Gasteiger partial charge in [-0.05, 0) is 25.1 Å². The molecule has 6 nitrogen and oxygen atoms in total. The van der Waals surface area contributed by atoms with Crippen molar-refractivity contribution in [3.05, 3.63) is 23.8 Å². The van der Waals surface area contributed by atoms with Crippen LogP contribution in [0.15, 0.2) is 18.2 Å². The normalized spacial score (nSPS) is 12.6. The maximum Gasteiger partial charge on any atom is 0.251 e. The number of hydrogen-bond acceptors (Lipinski definition) is 4. The lowest BCUT2D eigenvalue weighted by atomic mass is 10.2. The van der Waals surface area contributed by atoms with Crippen molar-refractivity contribution in [2.45, 2.75) is 13.0 Å². The van der Waals surface area contributed by atoms with Crippen molar-refractivity contribution in [1.82, 2.24) is 20.3 Å². The molecular formula is C11H14N4O2. The van der Waals surface area contributed by atoms with Crippen LogP contribution in [-0.4, -0.2) is 38.7 Å². The van der Waals surface area contributed by atoms with Crippen molar-refractivity contribution in [2.24, 2.45) is 7.05 Å². The van der Waals surface area contributed by atoms with Gasteiger partial charge >= 0.3 is 0 Å². The summed E-state index contributed by atoms with van der Waals surface area (Å²) in [5, 5.41) is 19.5. The lowest BCUT2D eigenvalue weighted by molar-refractivity contribution is 0.0924. The van der Waals surface area contributed by atoms with Crippen molar-refractivity contribution in [3.63, 3.8) is 0 Å². The number of aryl methyl sites for hydroxylation is 1. The fourth-order valence-electron chi connectivity index (χ4n) is 1.52. The number of hydrogen-bond donors (Lipinski definition) is 2. The molecule has 0 saturated carbocycles. The molecule has 2 N–H and O–H groups in total. The molecule has 1 aromatic heterocycles. The van der Waals surface area contributed by atoms with E-state index in [0.717, 1.165) is 5.52 Å². The molecule has 0 radical (unpaired) electrons.